The molecule has 1 aliphatic rings. The second-order valence-electron chi connectivity index (χ2n) is 5.41. The molecule has 1 heterocycles. The summed E-state index contributed by atoms with van der Waals surface area (Å²) >= 11 is 0. The van der Waals surface area contributed by atoms with E-state index in [1.807, 2.05) is 25.1 Å². The summed E-state index contributed by atoms with van der Waals surface area (Å²) < 4.78 is 0. The number of piperidine rings is 1. The Morgan fingerprint density at radius 1 is 1.41 bits per heavy atom. The van der Waals surface area contributed by atoms with E-state index in [-0.39, 0.29) is 36.8 Å². The molecule has 1 aromatic rings. The highest BCUT2D eigenvalue weighted by molar-refractivity contribution is 5.96. The minimum Gasteiger partial charge on any atom is -0.399 e. The van der Waals surface area contributed by atoms with E-state index in [1.54, 1.807) is 6.07 Å². The number of rotatable bonds is 4. The van der Waals surface area contributed by atoms with Crippen molar-refractivity contribution >= 4 is 36.4 Å². The van der Waals surface area contributed by atoms with Crippen LogP contribution in [0.5, 0.6) is 0 Å². The van der Waals surface area contributed by atoms with E-state index in [9.17, 15) is 4.79 Å². The molecule has 0 bridgehead atoms. The molecular weight excluding hydrogens is 321 g/mol. The van der Waals surface area contributed by atoms with Gasteiger partial charge in [0.1, 0.15) is 0 Å². The number of carbonyl (C=O) groups excluding carboxylic acids is 1. The Bertz CT molecular complexity index is 500. The van der Waals surface area contributed by atoms with E-state index < -0.39 is 0 Å². The number of anilines is 1. The zero-order valence-corrected chi connectivity index (χ0v) is 14.5. The van der Waals surface area contributed by atoms with Crippen molar-refractivity contribution < 1.29 is 4.79 Å². The molecule has 22 heavy (non-hydrogen) atoms. The van der Waals surface area contributed by atoms with Gasteiger partial charge in [-0.05, 0) is 37.5 Å². The van der Waals surface area contributed by atoms with Crippen molar-refractivity contribution in [3.05, 3.63) is 42.0 Å². The third-order valence-corrected chi connectivity index (χ3v) is 3.82. The number of carbonyl (C=O) groups is 1. The predicted molar refractivity (Wildman–Crippen MR) is 97.2 cm³/mol. The van der Waals surface area contributed by atoms with Gasteiger partial charge in [-0.25, -0.2) is 0 Å². The van der Waals surface area contributed by atoms with Gasteiger partial charge in [-0.3, -0.25) is 9.69 Å². The van der Waals surface area contributed by atoms with Gasteiger partial charge in [-0.15, -0.1) is 31.4 Å². The Hall–Kier alpha value is -1.23. The van der Waals surface area contributed by atoms with Gasteiger partial charge in [0.05, 0.1) is 0 Å². The molecule has 1 amide bonds. The Balaban J connectivity index is 0.00000220. The van der Waals surface area contributed by atoms with Crippen LogP contribution in [0.2, 0.25) is 0 Å². The lowest BCUT2D eigenvalue weighted by molar-refractivity contribution is 0.0913. The number of nitrogens with two attached hydrogens (primary N) is 1. The molecule has 0 radical (unpaired) electrons. The minimum absolute atomic E-state index is 0. The van der Waals surface area contributed by atoms with E-state index in [4.69, 9.17) is 5.73 Å². The molecule has 0 saturated carbocycles. The van der Waals surface area contributed by atoms with E-state index in [0.717, 1.165) is 38.0 Å². The molecule has 1 saturated heterocycles. The number of likely N-dealkylation sites (tertiary alicyclic amines) is 1. The van der Waals surface area contributed by atoms with Crippen molar-refractivity contribution in [2.75, 3.05) is 25.4 Å². The van der Waals surface area contributed by atoms with Crippen LogP contribution in [0.25, 0.3) is 0 Å². The Morgan fingerprint density at radius 3 is 2.64 bits per heavy atom. The number of amides is 1. The fourth-order valence-corrected chi connectivity index (χ4v) is 2.59. The highest BCUT2D eigenvalue weighted by Crippen LogP contribution is 2.15. The first kappa shape index (κ1) is 20.8. The van der Waals surface area contributed by atoms with Crippen LogP contribution >= 0.6 is 24.8 Å². The number of nitrogens with one attached hydrogen (secondary N) is 1. The van der Waals surface area contributed by atoms with E-state index in [0.29, 0.717) is 11.3 Å². The first-order valence-corrected chi connectivity index (χ1v) is 7.10. The molecule has 0 spiro atoms. The molecule has 0 aliphatic carbocycles. The Kier molecular flexibility index (Phi) is 9.18. The van der Waals surface area contributed by atoms with Gasteiger partial charge in [-0.2, -0.15) is 0 Å². The Labute approximate surface area is 145 Å². The van der Waals surface area contributed by atoms with Crippen molar-refractivity contribution in [1.29, 1.82) is 0 Å². The average Bonchev–Trinajstić information content (AvgIpc) is 2.44. The lowest BCUT2D eigenvalue weighted by Crippen LogP contribution is -2.44. The van der Waals surface area contributed by atoms with Gasteiger partial charge < -0.3 is 11.1 Å². The molecule has 1 aliphatic heterocycles. The number of benzene rings is 1. The number of hydrogen-bond donors (Lipinski definition) is 2. The number of nitrogen functional groups attached to an aromatic ring is 1. The molecule has 1 aromatic carbocycles. The van der Waals surface area contributed by atoms with Crippen LogP contribution in [0.3, 0.4) is 0 Å². The number of halogens is 2. The fourth-order valence-electron chi connectivity index (χ4n) is 2.59. The molecule has 0 atom stereocenters. The minimum atomic E-state index is -0.0167. The highest BCUT2D eigenvalue weighted by Gasteiger charge is 2.21. The third kappa shape index (κ3) is 5.52. The van der Waals surface area contributed by atoms with Crippen molar-refractivity contribution in [2.24, 2.45) is 0 Å². The van der Waals surface area contributed by atoms with E-state index in [1.165, 1.54) is 0 Å². The Morgan fingerprint density at radius 2 is 2.05 bits per heavy atom. The molecule has 2 rings (SSSR count). The highest BCUT2D eigenvalue weighted by atomic mass is 35.5. The van der Waals surface area contributed by atoms with Crippen molar-refractivity contribution in [3.8, 4) is 0 Å². The first-order chi connectivity index (χ1) is 9.60. The van der Waals surface area contributed by atoms with Gasteiger partial charge >= 0.3 is 0 Å². The molecule has 6 heteroatoms. The summed E-state index contributed by atoms with van der Waals surface area (Å²) in [5.74, 6) is -0.0167. The summed E-state index contributed by atoms with van der Waals surface area (Å²) in [6.07, 6.45) is 3.90. The molecule has 1 fully saturated rings. The van der Waals surface area contributed by atoms with Crippen LogP contribution in [0, 0.1) is 6.92 Å². The largest absolute Gasteiger partial charge is 0.399 e. The summed E-state index contributed by atoms with van der Waals surface area (Å²) in [4.78, 5) is 14.6. The molecule has 3 N–H and O–H groups in total. The number of hydrogen-bond acceptors (Lipinski definition) is 3. The molecule has 4 nitrogen and oxygen atoms in total. The number of nitrogens with zero attached hydrogens (tertiary/aromatic N) is 1. The van der Waals surface area contributed by atoms with Crippen molar-refractivity contribution in [3.63, 3.8) is 0 Å². The van der Waals surface area contributed by atoms with Crippen LogP contribution in [-0.2, 0) is 0 Å². The lowest BCUT2D eigenvalue weighted by Gasteiger charge is -2.31. The van der Waals surface area contributed by atoms with E-state index in [2.05, 4.69) is 16.8 Å². The first-order valence-electron chi connectivity index (χ1n) is 7.10. The topological polar surface area (TPSA) is 58.4 Å². The summed E-state index contributed by atoms with van der Waals surface area (Å²) in [5, 5.41) is 3.12. The van der Waals surface area contributed by atoms with Gasteiger partial charge in [0.25, 0.3) is 5.91 Å². The van der Waals surface area contributed by atoms with Crippen LogP contribution < -0.4 is 11.1 Å². The number of aryl methyl sites for hydroxylation is 1. The zero-order valence-electron chi connectivity index (χ0n) is 12.9. The quantitative estimate of drug-likeness (QED) is 0.651. The van der Waals surface area contributed by atoms with Gasteiger partial charge in [-0.1, -0.05) is 12.1 Å². The van der Waals surface area contributed by atoms with Gasteiger partial charge in [0.2, 0.25) is 0 Å². The summed E-state index contributed by atoms with van der Waals surface area (Å²) in [6, 6.07) is 5.71. The molecular formula is C16H25Cl2N3O. The average molecular weight is 346 g/mol. The third-order valence-electron chi connectivity index (χ3n) is 3.82. The molecule has 0 aromatic heterocycles. The second kappa shape index (κ2) is 9.72. The van der Waals surface area contributed by atoms with Crippen LogP contribution in [0.4, 0.5) is 5.69 Å². The SMILES string of the molecule is C=CCN1CCC(NC(=O)c2cc(N)ccc2C)CC1.Cl.Cl. The van der Waals surface area contributed by atoms with Crippen molar-refractivity contribution in [2.45, 2.75) is 25.8 Å². The normalized spacial score (nSPS) is 15.3. The van der Waals surface area contributed by atoms with Crippen LogP contribution in [0.15, 0.2) is 30.9 Å². The molecule has 124 valence electrons. The lowest BCUT2D eigenvalue weighted by atomic mass is 10.0. The van der Waals surface area contributed by atoms with Crippen LogP contribution in [-0.4, -0.2) is 36.5 Å². The maximum atomic E-state index is 12.3. The second-order valence-corrected chi connectivity index (χ2v) is 5.41. The fraction of sp³-hybridized carbons (Fsp3) is 0.438. The van der Waals surface area contributed by atoms with Gasteiger partial charge in [0, 0.05) is 36.9 Å². The molecule has 0 unspecified atom stereocenters. The predicted octanol–water partition coefficient (Wildman–Crippen LogP) is 2.80. The summed E-state index contributed by atoms with van der Waals surface area (Å²) in [7, 11) is 0. The standard InChI is InChI=1S/C16H23N3O.2ClH/c1-3-8-19-9-6-14(7-10-19)18-16(20)15-11-13(17)5-4-12(15)2;;/h3-5,11,14H,1,6-10,17H2,2H3,(H,18,20);2*1H. The smallest absolute Gasteiger partial charge is 0.251 e. The van der Waals surface area contributed by atoms with E-state index >= 15 is 0 Å². The van der Waals surface area contributed by atoms with Crippen LogP contribution in [0.1, 0.15) is 28.8 Å². The maximum Gasteiger partial charge on any atom is 0.251 e. The zero-order chi connectivity index (χ0) is 14.5. The maximum absolute atomic E-state index is 12.3. The monoisotopic (exact) mass is 345 g/mol. The summed E-state index contributed by atoms with van der Waals surface area (Å²) in [6.45, 7) is 8.63. The summed E-state index contributed by atoms with van der Waals surface area (Å²) in [5.41, 5.74) is 8.02. The van der Waals surface area contributed by atoms with Crippen molar-refractivity contribution in [1.82, 2.24) is 10.2 Å². The van der Waals surface area contributed by atoms with Gasteiger partial charge in [0.15, 0.2) is 0 Å².